The monoisotopic (exact) mass is 456 g/mol. The molecule has 2 aromatic heterocycles. The molecule has 1 aliphatic rings. The Morgan fingerprint density at radius 3 is 2.65 bits per heavy atom. The lowest BCUT2D eigenvalue weighted by Crippen LogP contribution is -2.59. The van der Waals surface area contributed by atoms with Crippen LogP contribution in [0.1, 0.15) is 27.4 Å². The van der Waals surface area contributed by atoms with Crippen LogP contribution >= 0.6 is 23.2 Å². The van der Waals surface area contributed by atoms with Crippen LogP contribution in [0.2, 0.25) is 10.0 Å². The Hall–Kier alpha value is -2.94. The first-order valence-corrected chi connectivity index (χ1v) is 10.4. The van der Waals surface area contributed by atoms with Gasteiger partial charge in [-0.05, 0) is 39.8 Å². The van der Waals surface area contributed by atoms with E-state index in [0.717, 1.165) is 22.0 Å². The fourth-order valence-corrected chi connectivity index (χ4v) is 4.23. The quantitative estimate of drug-likeness (QED) is 0.480. The fourth-order valence-electron chi connectivity index (χ4n) is 3.85. The molecule has 1 fully saturated rings. The molecule has 2 aromatic carbocycles. The zero-order valence-corrected chi connectivity index (χ0v) is 18.0. The summed E-state index contributed by atoms with van der Waals surface area (Å²) in [6.07, 6.45) is 0.600. The number of nitrogens with zero attached hydrogens (tertiary/aromatic N) is 4. The number of fused-ring (bicyclic) bond motifs is 1. The average molecular weight is 457 g/mol. The normalized spacial score (nSPS) is 15.1. The third kappa shape index (κ3) is 3.46. The molecule has 158 valence electrons. The van der Waals surface area contributed by atoms with Crippen LogP contribution in [0.4, 0.5) is 0 Å². The maximum atomic E-state index is 13.2. The number of amides is 1. The number of nitrogens with one attached hydrogen (secondary N) is 2. The lowest BCUT2D eigenvalue weighted by molar-refractivity contribution is -0.0734. The second kappa shape index (κ2) is 7.64. The summed E-state index contributed by atoms with van der Waals surface area (Å²) in [5, 5.41) is 18.6. The summed E-state index contributed by atoms with van der Waals surface area (Å²) in [4.78, 5) is 13.2. The van der Waals surface area contributed by atoms with E-state index in [4.69, 9.17) is 27.9 Å². The number of carbonyl (C=O) groups excluding carboxylic acids is 1. The van der Waals surface area contributed by atoms with E-state index in [0.29, 0.717) is 41.2 Å². The van der Waals surface area contributed by atoms with E-state index in [1.807, 2.05) is 41.9 Å². The number of carbonyl (C=O) groups is 1. The van der Waals surface area contributed by atoms with Crippen molar-refractivity contribution in [2.24, 2.45) is 7.05 Å². The topological polar surface area (TPSA) is 97.7 Å². The van der Waals surface area contributed by atoms with Gasteiger partial charge < -0.3 is 14.6 Å². The molecule has 8 nitrogen and oxygen atoms in total. The number of hydrogen-bond donors (Lipinski definition) is 2. The number of tetrazole rings is 1. The van der Waals surface area contributed by atoms with Crippen molar-refractivity contribution >= 4 is 40.0 Å². The lowest BCUT2D eigenvalue weighted by atomic mass is 9.87. The number of halogens is 2. The Morgan fingerprint density at radius 1 is 1.23 bits per heavy atom. The minimum atomic E-state index is -0.582. The first-order chi connectivity index (χ1) is 15.0. The van der Waals surface area contributed by atoms with E-state index >= 15 is 0 Å². The van der Waals surface area contributed by atoms with Gasteiger partial charge in [0, 0.05) is 24.4 Å². The van der Waals surface area contributed by atoms with Gasteiger partial charge >= 0.3 is 0 Å². The Bertz CT molecular complexity index is 1260. The molecule has 1 aliphatic heterocycles. The lowest BCUT2D eigenvalue weighted by Gasteiger charge is -2.42. The predicted octanol–water partition coefficient (Wildman–Crippen LogP) is 3.24. The SMILES string of the molecule is Cn1c(C(=O)NC2(c3ccc(Cc4nnn[nH]4)cc3)COC2)cc2c(Cl)c(Cl)ccc21. The van der Waals surface area contributed by atoms with Crippen LogP contribution in [0.5, 0.6) is 0 Å². The van der Waals surface area contributed by atoms with Gasteiger partial charge in [-0.15, -0.1) is 5.10 Å². The predicted molar refractivity (Wildman–Crippen MR) is 116 cm³/mol. The van der Waals surface area contributed by atoms with E-state index in [1.165, 1.54) is 0 Å². The molecule has 31 heavy (non-hydrogen) atoms. The highest BCUT2D eigenvalue weighted by Gasteiger charge is 2.42. The zero-order chi connectivity index (χ0) is 21.6. The van der Waals surface area contributed by atoms with E-state index in [1.54, 1.807) is 12.1 Å². The van der Waals surface area contributed by atoms with Gasteiger partial charge in [0.25, 0.3) is 5.91 Å². The molecule has 1 amide bonds. The molecule has 0 radical (unpaired) electrons. The third-order valence-electron chi connectivity index (χ3n) is 5.66. The van der Waals surface area contributed by atoms with E-state index < -0.39 is 5.54 Å². The van der Waals surface area contributed by atoms with Crippen molar-refractivity contribution in [3.8, 4) is 0 Å². The standard InChI is InChI=1S/C21H18Cl2N6O2/c1-29-16-7-6-15(22)19(23)14(16)9-17(29)20(30)24-21(10-31-11-21)13-4-2-12(3-5-13)8-18-25-27-28-26-18/h2-7,9H,8,10-11H2,1H3,(H,24,30)(H,25,26,27,28). The summed E-state index contributed by atoms with van der Waals surface area (Å²) in [6.45, 7) is 0.807. The Labute approximate surface area is 187 Å². The molecule has 0 spiro atoms. The van der Waals surface area contributed by atoms with Gasteiger partial charge in [0.15, 0.2) is 5.82 Å². The molecular formula is C21H18Cl2N6O2. The van der Waals surface area contributed by atoms with Crippen molar-refractivity contribution in [3.63, 3.8) is 0 Å². The van der Waals surface area contributed by atoms with Gasteiger partial charge in [0.1, 0.15) is 11.2 Å². The van der Waals surface area contributed by atoms with Gasteiger partial charge in [-0.3, -0.25) is 4.79 Å². The van der Waals surface area contributed by atoms with Crippen LogP contribution < -0.4 is 5.32 Å². The molecule has 0 atom stereocenters. The summed E-state index contributed by atoms with van der Waals surface area (Å²) >= 11 is 12.5. The Kier molecular flexibility index (Phi) is 4.92. The second-order valence-electron chi connectivity index (χ2n) is 7.63. The number of aromatic amines is 1. The highest BCUT2D eigenvalue weighted by atomic mass is 35.5. The molecule has 0 unspecified atom stereocenters. The number of rotatable bonds is 5. The summed E-state index contributed by atoms with van der Waals surface area (Å²) in [5.41, 5.74) is 2.79. The minimum Gasteiger partial charge on any atom is -0.376 e. The molecule has 4 aromatic rings. The minimum absolute atomic E-state index is 0.203. The van der Waals surface area contributed by atoms with E-state index in [2.05, 4.69) is 25.9 Å². The van der Waals surface area contributed by atoms with Crippen LogP contribution in [-0.4, -0.2) is 44.3 Å². The summed E-state index contributed by atoms with van der Waals surface area (Å²) in [6, 6.07) is 13.4. The van der Waals surface area contributed by atoms with Crippen molar-refractivity contribution in [1.82, 2.24) is 30.5 Å². The molecule has 10 heteroatoms. The molecule has 1 saturated heterocycles. The van der Waals surface area contributed by atoms with Gasteiger partial charge in [-0.25, -0.2) is 5.10 Å². The summed E-state index contributed by atoms with van der Waals surface area (Å²) in [7, 11) is 1.83. The first kappa shape index (κ1) is 20.0. The fraction of sp³-hybridized carbons (Fsp3) is 0.238. The highest BCUT2D eigenvalue weighted by Crippen LogP contribution is 2.34. The van der Waals surface area contributed by atoms with Gasteiger partial charge in [-0.1, -0.05) is 47.5 Å². The van der Waals surface area contributed by atoms with Crippen LogP contribution in [0, 0.1) is 0 Å². The van der Waals surface area contributed by atoms with Crippen molar-refractivity contribution in [3.05, 3.63) is 75.2 Å². The number of hydrogen-bond acceptors (Lipinski definition) is 5. The molecular weight excluding hydrogens is 439 g/mol. The Balaban J connectivity index is 1.40. The van der Waals surface area contributed by atoms with E-state index in [9.17, 15) is 4.79 Å². The highest BCUT2D eigenvalue weighted by molar-refractivity contribution is 6.45. The van der Waals surface area contributed by atoms with Gasteiger partial charge in [-0.2, -0.15) is 0 Å². The van der Waals surface area contributed by atoms with Gasteiger partial charge in [0.2, 0.25) is 0 Å². The number of aromatic nitrogens is 5. The van der Waals surface area contributed by atoms with Crippen LogP contribution in [0.25, 0.3) is 10.9 Å². The smallest absolute Gasteiger partial charge is 0.268 e. The molecule has 0 saturated carbocycles. The second-order valence-corrected chi connectivity index (χ2v) is 8.42. The maximum absolute atomic E-state index is 13.2. The molecule has 3 heterocycles. The number of ether oxygens (including phenoxy) is 1. The van der Waals surface area contributed by atoms with Gasteiger partial charge in [0.05, 0.1) is 23.3 Å². The number of aryl methyl sites for hydroxylation is 1. The van der Waals surface area contributed by atoms with Crippen LogP contribution in [-0.2, 0) is 23.7 Å². The molecule has 0 aliphatic carbocycles. The maximum Gasteiger partial charge on any atom is 0.268 e. The van der Waals surface area contributed by atoms with Crippen molar-refractivity contribution in [1.29, 1.82) is 0 Å². The summed E-state index contributed by atoms with van der Waals surface area (Å²) < 4.78 is 7.29. The number of benzene rings is 2. The average Bonchev–Trinajstić information content (AvgIpc) is 3.36. The zero-order valence-electron chi connectivity index (χ0n) is 16.5. The molecule has 2 N–H and O–H groups in total. The number of H-pyrrole nitrogens is 1. The van der Waals surface area contributed by atoms with Crippen molar-refractivity contribution < 1.29 is 9.53 Å². The van der Waals surface area contributed by atoms with Crippen LogP contribution in [0.3, 0.4) is 0 Å². The van der Waals surface area contributed by atoms with Crippen molar-refractivity contribution in [2.75, 3.05) is 13.2 Å². The largest absolute Gasteiger partial charge is 0.376 e. The Morgan fingerprint density at radius 2 is 2.00 bits per heavy atom. The molecule has 0 bridgehead atoms. The summed E-state index contributed by atoms with van der Waals surface area (Å²) in [5.74, 6) is 0.489. The van der Waals surface area contributed by atoms with Crippen molar-refractivity contribution in [2.45, 2.75) is 12.0 Å². The first-order valence-electron chi connectivity index (χ1n) is 9.62. The van der Waals surface area contributed by atoms with Crippen LogP contribution in [0.15, 0.2) is 42.5 Å². The molecule has 5 rings (SSSR count). The van der Waals surface area contributed by atoms with E-state index in [-0.39, 0.29) is 5.91 Å². The third-order valence-corrected chi connectivity index (χ3v) is 6.48.